The van der Waals surface area contributed by atoms with Crippen LogP contribution in [0.1, 0.15) is 29.6 Å². The Morgan fingerprint density at radius 1 is 1.04 bits per heavy atom. The average molecular weight is 332 g/mol. The van der Waals surface area contributed by atoms with Crippen molar-refractivity contribution in [1.82, 2.24) is 9.80 Å². The standard InChI is InChI=1S/C18H24N2O4/c21-15-3-1-2-14(15)19-6-8-20(9-7-19)18(22)13-4-5-16-17(12-13)24-11-10-23-16/h4-5,12,14-15,21H,1-3,6-11H2/t14-,15-/m1/s1. The van der Waals surface area contributed by atoms with Crippen molar-refractivity contribution in [2.45, 2.75) is 31.4 Å². The number of nitrogens with zero attached hydrogens (tertiary/aromatic N) is 2. The lowest BCUT2D eigenvalue weighted by molar-refractivity contribution is 0.0315. The summed E-state index contributed by atoms with van der Waals surface area (Å²) in [6.45, 7) is 4.14. The molecule has 3 aliphatic rings. The van der Waals surface area contributed by atoms with Crippen LogP contribution in [0.4, 0.5) is 0 Å². The monoisotopic (exact) mass is 332 g/mol. The lowest BCUT2D eigenvalue weighted by Crippen LogP contribution is -2.53. The fourth-order valence-corrected chi connectivity index (χ4v) is 3.96. The summed E-state index contributed by atoms with van der Waals surface area (Å²) in [6, 6.07) is 5.68. The molecule has 0 spiro atoms. The summed E-state index contributed by atoms with van der Waals surface area (Å²) in [5, 5.41) is 10.1. The molecule has 2 fully saturated rings. The van der Waals surface area contributed by atoms with Crippen molar-refractivity contribution < 1.29 is 19.4 Å². The van der Waals surface area contributed by atoms with Crippen molar-refractivity contribution >= 4 is 5.91 Å². The molecule has 0 unspecified atom stereocenters. The number of hydrogen-bond donors (Lipinski definition) is 1. The van der Waals surface area contributed by atoms with Crippen LogP contribution in [0.15, 0.2) is 18.2 Å². The van der Waals surface area contributed by atoms with Gasteiger partial charge in [-0.15, -0.1) is 0 Å². The first-order valence-electron chi connectivity index (χ1n) is 8.83. The summed E-state index contributed by atoms with van der Waals surface area (Å²) in [5.41, 5.74) is 0.647. The largest absolute Gasteiger partial charge is 0.486 e. The summed E-state index contributed by atoms with van der Waals surface area (Å²) >= 11 is 0. The maximum Gasteiger partial charge on any atom is 0.254 e. The third kappa shape index (κ3) is 2.96. The molecular weight excluding hydrogens is 308 g/mol. The van der Waals surface area contributed by atoms with Gasteiger partial charge in [-0.2, -0.15) is 0 Å². The molecule has 1 amide bonds. The van der Waals surface area contributed by atoms with Crippen molar-refractivity contribution in [2.24, 2.45) is 0 Å². The van der Waals surface area contributed by atoms with Crippen molar-refractivity contribution in [1.29, 1.82) is 0 Å². The molecule has 2 heterocycles. The quantitative estimate of drug-likeness (QED) is 0.880. The zero-order chi connectivity index (χ0) is 16.5. The van der Waals surface area contributed by atoms with E-state index in [-0.39, 0.29) is 18.1 Å². The molecule has 1 aromatic rings. The topological polar surface area (TPSA) is 62.2 Å². The second-order valence-electron chi connectivity index (χ2n) is 6.75. The van der Waals surface area contributed by atoms with Gasteiger partial charge in [-0.05, 0) is 37.5 Å². The molecule has 1 saturated heterocycles. The minimum atomic E-state index is -0.204. The van der Waals surface area contributed by atoms with Gasteiger partial charge in [0.1, 0.15) is 13.2 Å². The van der Waals surface area contributed by atoms with Crippen LogP contribution in [0, 0.1) is 0 Å². The van der Waals surface area contributed by atoms with Gasteiger partial charge in [0.15, 0.2) is 11.5 Å². The minimum Gasteiger partial charge on any atom is -0.486 e. The Balaban J connectivity index is 1.39. The lowest BCUT2D eigenvalue weighted by Gasteiger charge is -2.39. The van der Waals surface area contributed by atoms with E-state index in [1.54, 1.807) is 6.07 Å². The number of aliphatic hydroxyl groups is 1. The van der Waals surface area contributed by atoms with Gasteiger partial charge in [-0.25, -0.2) is 0 Å². The zero-order valence-corrected chi connectivity index (χ0v) is 13.8. The maximum atomic E-state index is 12.7. The van der Waals surface area contributed by atoms with Crippen LogP contribution < -0.4 is 9.47 Å². The Morgan fingerprint density at radius 2 is 1.79 bits per heavy atom. The number of carbonyl (C=O) groups excluding carboxylic acids is 1. The normalized spacial score (nSPS) is 27.3. The minimum absolute atomic E-state index is 0.0404. The molecule has 0 bridgehead atoms. The number of ether oxygens (including phenoxy) is 2. The number of amides is 1. The number of aliphatic hydroxyl groups excluding tert-OH is 1. The molecule has 6 heteroatoms. The van der Waals surface area contributed by atoms with E-state index in [4.69, 9.17) is 9.47 Å². The second kappa shape index (κ2) is 6.61. The highest BCUT2D eigenvalue weighted by Gasteiger charge is 2.33. The van der Waals surface area contributed by atoms with Crippen LogP contribution in [0.5, 0.6) is 11.5 Å². The molecule has 1 aromatic carbocycles. The molecule has 24 heavy (non-hydrogen) atoms. The first kappa shape index (κ1) is 15.7. The van der Waals surface area contributed by atoms with Gasteiger partial charge in [0.25, 0.3) is 5.91 Å². The summed E-state index contributed by atoms with van der Waals surface area (Å²) in [6.07, 6.45) is 2.87. The number of rotatable bonds is 2. The molecule has 1 N–H and O–H groups in total. The molecule has 1 aliphatic carbocycles. The van der Waals surface area contributed by atoms with Gasteiger partial charge < -0.3 is 19.5 Å². The predicted octanol–water partition coefficient (Wildman–Crippen LogP) is 1.13. The molecule has 6 nitrogen and oxygen atoms in total. The Bertz CT molecular complexity index is 613. The summed E-state index contributed by atoms with van der Waals surface area (Å²) < 4.78 is 11.1. The third-order valence-electron chi connectivity index (χ3n) is 5.30. The van der Waals surface area contributed by atoms with E-state index in [1.165, 1.54) is 0 Å². The summed E-state index contributed by atoms with van der Waals surface area (Å²) in [5.74, 6) is 1.40. The van der Waals surface area contributed by atoms with E-state index in [0.717, 1.165) is 32.4 Å². The smallest absolute Gasteiger partial charge is 0.254 e. The Labute approximate surface area is 141 Å². The molecule has 0 aromatic heterocycles. The Morgan fingerprint density at radius 3 is 2.50 bits per heavy atom. The van der Waals surface area contributed by atoms with Crippen molar-refractivity contribution in [3.8, 4) is 11.5 Å². The van der Waals surface area contributed by atoms with Crippen LogP contribution in [0.2, 0.25) is 0 Å². The van der Waals surface area contributed by atoms with Gasteiger partial charge in [0.2, 0.25) is 0 Å². The summed E-state index contributed by atoms with van der Waals surface area (Å²) in [4.78, 5) is 17.0. The molecule has 2 atom stereocenters. The molecule has 1 saturated carbocycles. The number of fused-ring (bicyclic) bond motifs is 1. The van der Waals surface area contributed by atoms with Gasteiger partial charge >= 0.3 is 0 Å². The molecule has 0 radical (unpaired) electrons. The van der Waals surface area contributed by atoms with Crippen LogP contribution in [-0.2, 0) is 0 Å². The lowest BCUT2D eigenvalue weighted by atomic mass is 10.1. The van der Waals surface area contributed by atoms with E-state index in [9.17, 15) is 9.90 Å². The predicted molar refractivity (Wildman–Crippen MR) is 88.6 cm³/mol. The second-order valence-corrected chi connectivity index (χ2v) is 6.75. The van der Waals surface area contributed by atoms with Crippen LogP contribution >= 0.6 is 0 Å². The molecule has 2 aliphatic heterocycles. The van der Waals surface area contributed by atoms with Crippen molar-refractivity contribution in [2.75, 3.05) is 39.4 Å². The van der Waals surface area contributed by atoms with Crippen molar-refractivity contribution in [3.05, 3.63) is 23.8 Å². The highest BCUT2D eigenvalue weighted by Crippen LogP contribution is 2.31. The Hall–Kier alpha value is -1.79. The van der Waals surface area contributed by atoms with Gasteiger partial charge in [0.05, 0.1) is 6.10 Å². The van der Waals surface area contributed by atoms with E-state index < -0.39 is 0 Å². The highest BCUT2D eigenvalue weighted by atomic mass is 16.6. The first-order valence-corrected chi connectivity index (χ1v) is 8.83. The fourth-order valence-electron chi connectivity index (χ4n) is 3.96. The van der Waals surface area contributed by atoms with Crippen LogP contribution in [-0.4, -0.2) is 72.4 Å². The summed E-state index contributed by atoms with van der Waals surface area (Å²) in [7, 11) is 0. The number of benzene rings is 1. The van der Waals surface area contributed by atoms with E-state index in [1.807, 2.05) is 17.0 Å². The van der Waals surface area contributed by atoms with Gasteiger partial charge in [-0.1, -0.05) is 0 Å². The van der Waals surface area contributed by atoms with E-state index in [2.05, 4.69) is 4.90 Å². The van der Waals surface area contributed by atoms with Crippen LogP contribution in [0.3, 0.4) is 0 Å². The van der Waals surface area contributed by atoms with Crippen molar-refractivity contribution in [3.63, 3.8) is 0 Å². The van der Waals surface area contributed by atoms with Gasteiger partial charge in [0, 0.05) is 37.8 Å². The third-order valence-corrected chi connectivity index (χ3v) is 5.30. The van der Waals surface area contributed by atoms with Crippen LogP contribution in [0.25, 0.3) is 0 Å². The van der Waals surface area contributed by atoms with E-state index in [0.29, 0.717) is 43.4 Å². The first-order chi connectivity index (χ1) is 11.7. The molecule has 4 rings (SSSR count). The van der Waals surface area contributed by atoms with E-state index >= 15 is 0 Å². The molecule has 130 valence electrons. The zero-order valence-electron chi connectivity index (χ0n) is 13.8. The molecular formula is C18H24N2O4. The SMILES string of the molecule is O=C(c1ccc2c(c1)OCCO2)N1CCN([C@@H]2CCC[C@H]2O)CC1. The average Bonchev–Trinajstić information content (AvgIpc) is 3.07. The number of carbonyl (C=O) groups is 1. The number of piperazine rings is 1. The highest BCUT2D eigenvalue weighted by molar-refractivity contribution is 5.95. The Kier molecular flexibility index (Phi) is 4.33. The maximum absolute atomic E-state index is 12.7. The van der Waals surface area contributed by atoms with Gasteiger partial charge in [-0.3, -0.25) is 9.69 Å². The fraction of sp³-hybridized carbons (Fsp3) is 0.611. The number of hydrogen-bond acceptors (Lipinski definition) is 5.